The Balaban J connectivity index is 1.50. The van der Waals surface area contributed by atoms with Crippen molar-refractivity contribution >= 4 is 11.0 Å². The van der Waals surface area contributed by atoms with E-state index in [9.17, 15) is 4.39 Å². The summed E-state index contributed by atoms with van der Waals surface area (Å²) < 4.78 is 21.4. The van der Waals surface area contributed by atoms with Crippen LogP contribution in [0.15, 0.2) is 72.8 Å². The van der Waals surface area contributed by atoms with Crippen molar-refractivity contribution in [3.05, 3.63) is 84.2 Å². The van der Waals surface area contributed by atoms with Crippen LogP contribution in [-0.2, 0) is 13.0 Å². The second kappa shape index (κ2) is 8.26. The molecule has 0 saturated carbocycles. The van der Waals surface area contributed by atoms with E-state index < -0.39 is 0 Å². The lowest BCUT2D eigenvalue weighted by Gasteiger charge is -2.11. The van der Waals surface area contributed by atoms with Crippen LogP contribution in [-0.4, -0.2) is 16.2 Å². The van der Waals surface area contributed by atoms with Crippen molar-refractivity contribution in [1.29, 1.82) is 0 Å². The Bertz CT molecular complexity index is 1050. The molecule has 1 aromatic heterocycles. The molecule has 3 nitrogen and oxygen atoms in total. The third-order valence-corrected chi connectivity index (χ3v) is 4.88. The van der Waals surface area contributed by atoms with Gasteiger partial charge in [-0.15, -0.1) is 0 Å². The van der Waals surface area contributed by atoms with Crippen LogP contribution in [0, 0.1) is 5.82 Å². The summed E-state index contributed by atoms with van der Waals surface area (Å²) in [6.07, 6.45) is 1.88. The molecule has 0 fully saturated rings. The molecule has 0 atom stereocenters. The molecule has 0 unspecified atom stereocenters. The zero-order valence-corrected chi connectivity index (χ0v) is 15.9. The van der Waals surface area contributed by atoms with Crippen LogP contribution >= 0.6 is 0 Å². The average molecular weight is 374 g/mol. The molecule has 28 heavy (non-hydrogen) atoms. The molecule has 0 saturated heterocycles. The van der Waals surface area contributed by atoms with Crippen LogP contribution < -0.4 is 4.74 Å². The molecule has 0 aliphatic heterocycles. The highest BCUT2D eigenvalue weighted by Gasteiger charge is 2.12. The molecular weight excluding hydrogens is 351 g/mol. The summed E-state index contributed by atoms with van der Waals surface area (Å²) in [7, 11) is 0. The monoisotopic (exact) mass is 374 g/mol. The SMILES string of the molecule is CCc1ccc(OCCCn2c(-c3ccc(F)cc3)nc3ccccc32)cc1. The number of aromatic nitrogens is 2. The lowest BCUT2D eigenvalue weighted by molar-refractivity contribution is 0.303. The molecule has 4 rings (SSSR count). The highest BCUT2D eigenvalue weighted by atomic mass is 19.1. The predicted molar refractivity (Wildman–Crippen MR) is 111 cm³/mol. The number of halogens is 1. The van der Waals surface area contributed by atoms with Gasteiger partial charge in [0.15, 0.2) is 0 Å². The van der Waals surface area contributed by atoms with Crippen molar-refractivity contribution in [2.75, 3.05) is 6.61 Å². The maximum Gasteiger partial charge on any atom is 0.141 e. The van der Waals surface area contributed by atoms with E-state index >= 15 is 0 Å². The Hall–Kier alpha value is -3.14. The minimum Gasteiger partial charge on any atom is -0.494 e. The molecule has 0 aliphatic carbocycles. The molecule has 4 heteroatoms. The Morgan fingerprint density at radius 3 is 2.43 bits per heavy atom. The van der Waals surface area contributed by atoms with Gasteiger partial charge < -0.3 is 9.30 Å². The number of hydrogen-bond acceptors (Lipinski definition) is 2. The Morgan fingerprint density at radius 1 is 0.929 bits per heavy atom. The largest absolute Gasteiger partial charge is 0.494 e. The highest BCUT2D eigenvalue weighted by Crippen LogP contribution is 2.25. The number of ether oxygens (including phenoxy) is 1. The van der Waals surface area contributed by atoms with Gasteiger partial charge in [-0.05, 0) is 66.9 Å². The van der Waals surface area contributed by atoms with Crippen molar-refractivity contribution in [1.82, 2.24) is 9.55 Å². The fourth-order valence-electron chi connectivity index (χ4n) is 3.36. The van der Waals surface area contributed by atoms with Gasteiger partial charge in [0.1, 0.15) is 17.4 Å². The third kappa shape index (κ3) is 3.91. The van der Waals surface area contributed by atoms with E-state index in [1.54, 1.807) is 12.1 Å². The molecule has 0 radical (unpaired) electrons. The first-order valence-corrected chi connectivity index (χ1v) is 9.67. The van der Waals surface area contributed by atoms with Crippen molar-refractivity contribution in [3.63, 3.8) is 0 Å². The van der Waals surface area contributed by atoms with Crippen LogP contribution in [0.5, 0.6) is 5.75 Å². The van der Waals surface area contributed by atoms with Gasteiger partial charge in [-0.25, -0.2) is 9.37 Å². The van der Waals surface area contributed by atoms with Crippen LogP contribution in [0.2, 0.25) is 0 Å². The number of benzene rings is 3. The van der Waals surface area contributed by atoms with Gasteiger partial charge in [0.25, 0.3) is 0 Å². The number of nitrogens with zero attached hydrogens (tertiary/aromatic N) is 2. The first-order chi connectivity index (χ1) is 13.7. The minimum absolute atomic E-state index is 0.242. The predicted octanol–water partition coefficient (Wildman–Crippen LogP) is 5.87. The summed E-state index contributed by atoms with van der Waals surface area (Å²) in [5.74, 6) is 1.51. The van der Waals surface area contributed by atoms with Gasteiger partial charge in [-0.2, -0.15) is 0 Å². The average Bonchev–Trinajstić information content (AvgIpc) is 3.11. The van der Waals surface area contributed by atoms with Gasteiger partial charge in [-0.1, -0.05) is 31.2 Å². The van der Waals surface area contributed by atoms with Crippen LogP contribution in [0.25, 0.3) is 22.4 Å². The van der Waals surface area contributed by atoms with Gasteiger partial charge in [-0.3, -0.25) is 0 Å². The molecule has 3 aromatic carbocycles. The van der Waals surface area contributed by atoms with Crippen molar-refractivity contribution < 1.29 is 9.13 Å². The Labute approximate surface area is 164 Å². The van der Waals surface area contributed by atoms with E-state index in [1.165, 1.54) is 17.7 Å². The molecule has 4 aromatic rings. The van der Waals surface area contributed by atoms with Gasteiger partial charge in [0.05, 0.1) is 17.6 Å². The number of hydrogen-bond donors (Lipinski definition) is 0. The molecule has 0 spiro atoms. The molecule has 0 bridgehead atoms. The lowest BCUT2D eigenvalue weighted by atomic mass is 10.2. The number of fused-ring (bicyclic) bond motifs is 1. The second-order valence-corrected chi connectivity index (χ2v) is 6.78. The lowest BCUT2D eigenvalue weighted by Crippen LogP contribution is -2.06. The summed E-state index contributed by atoms with van der Waals surface area (Å²) >= 11 is 0. The Morgan fingerprint density at radius 2 is 1.68 bits per heavy atom. The zero-order valence-electron chi connectivity index (χ0n) is 15.9. The van der Waals surface area contributed by atoms with Crippen LogP contribution in [0.4, 0.5) is 4.39 Å². The summed E-state index contributed by atoms with van der Waals surface area (Å²) in [6, 6.07) is 22.8. The van der Waals surface area contributed by atoms with E-state index in [-0.39, 0.29) is 5.82 Å². The van der Waals surface area contributed by atoms with Crippen molar-refractivity contribution in [2.45, 2.75) is 26.3 Å². The topological polar surface area (TPSA) is 27.1 Å². The van der Waals surface area contributed by atoms with Crippen molar-refractivity contribution in [2.24, 2.45) is 0 Å². The minimum atomic E-state index is -0.242. The highest BCUT2D eigenvalue weighted by molar-refractivity contribution is 5.80. The summed E-state index contributed by atoms with van der Waals surface area (Å²) in [5.41, 5.74) is 4.24. The Kier molecular flexibility index (Phi) is 5.38. The zero-order chi connectivity index (χ0) is 19.3. The fraction of sp³-hybridized carbons (Fsp3) is 0.208. The van der Waals surface area contributed by atoms with Gasteiger partial charge in [0.2, 0.25) is 0 Å². The number of aryl methyl sites for hydroxylation is 2. The van der Waals surface area contributed by atoms with Crippen LogP contribution in [0.1, 0.15) is 18.9 Å². The normalized spacial score (nSPS) is 11.1. The van der Waals surface area contributed by atoms with Gasteiger partial charge in [0, 0.05) is 12.1 Å². The maximum absolute atomic E-state index is 13.3. The molecule has 0 aliphatic rings. The quantitative estimate of drug-likeness (QED) is 0.378. The van der Waals surface area contributed by atoms with E-state index in [0.29, 0.717) is 6.61 Å². The van der Waals surface area contributed by atoms with Gasteiger partial charge >= 0.3 is 0 Å². The molecule has 0 amide bonds. The molecular formula is C24H23FN2O. The molecule has 0 N–H and O–H groups in total. The molecule has 1 heterocycles. The third-order valence-electron chi connectivity index (χ3n) is 4.88. The fourth-order valence-corrected chi connectivity index (χ4v) is 3.36. The summed E-state index contributed by atoms with van der Waals surface area (Å²) in [6.45, 7) is 3.55. The van der Waals surface area contributed by atoms with E-state index in [4.69, 9.17) is 9.72 Å². The standard InChI is InChI=1S/C24H23FN2O/c1-2-18-8-14-21(15-9-18)28-17-5-16-27-23-7-4-3-6-22(23)26-24(27)19-10-12-20(25)13-11-19/h3-4,6-15H,2,5,16-17H2,1H3. The second-order valence-electron chi connectivity index (χ2n) is 6.78. The number of imidazole rings is 1. The first kappa shape index (κ1) is 18.2. The number of para-hydroxylation sites is 2. The first-order valence-electron chi connectivity index (χ1n) is 9.67. The van der Waals surface area contributed by atoms with E-state index in [0.717, 1.165) is 47.6 Å². The van der Waals surface area contributed by atoms with Crippen molar-refractivity contribution in [3.8, 4) is 17.1 Å². The molecule has 142 valence electrons. The number of rotatable bonds is 7. The summed E-state index contributed by atoms with van der Waals surface area (Å²) in [5, 5.41) is 0. The summed E-state index contributed by atoms with van der Waals surface area (Å²) in [4.78, 5) is 4.77. The smallest absolute Gasteiger partial charge is 0.141 e. The maximum atomic E-state index is 13.3. The van der Waals surface area contributed by atoms with E-state index in [1.807, 2.05) is 30.3 Å². The van der Waals surface area contributed by atoms with E-state index in [2.05, 4.69) is 29.7 Å². The van der Waals surface area contributed by atoms with Crippen LogP contribution in [0.3, 0.4) is 0 Å².